The van der Waals surface area contributed by atoms with Gasteiger partial charge in [0.15, 0.2) is 0 Å². The molecule has 0 saturated heterocycles. The molecule has 21 heavy (non-hydrogen) atoms. The van der Waals surface area contributed by atoms with Gasteiger partial charge in [0.05, 0.1) is 23.5 Å². The van der Waals surface area contributed by atoms with Crippen molar-refractivity contribution in [3.8, 4) is 0 Å². The quantitative estimate of drug-likeness (QED) is 0.846. The SMILES string of the molecule is CC(C)N1C(=O)CC(c2ccncc2)=Nc2ccccc21. The number of carbonyl (C=O) groups excluding carboxylic acids is 1. The molecule has 4 heteroatoms. The number of carbonyl (C=O) groups is 1. The van der Waals surface area contributed by atoms with E-state index in [2.05, 4.69) is 4.98 Å². The van der Waals surface area contributed by atoms with Crippen molar-refractivity contribution in [1.29, 1.82) is 0 Å². The molecule has 0 spiro atoms. The van der Waals surface area contributed by atoms with Gasteiger partial charge in [-0.2, -0.15) is 0 Å². The molecule has 0 fully saturated rings. The zero-order valence-corrected chi connectivity index (χ0v) is 12.2. The summed E-state index contributed by atoms with van der Waals surface area (Å²) in [5.41, 5.74) is 3.45. The molecule has 1 aromatic carbocycles. The molecule has 0 bridgehead atoms. The first-order valence-electron chi connectivity index (χ1n) is 7.06. The van der Waals surface area contributed by atoms with Crippen molar-refractivity contribution >= 4 is 23.0 Å². The fourth-order valence-electron chi connectivity index (χ4n) is 2.59. The van der Waals surface area contributed by atoms with Crippen molar-refractivity contribution in [2.24, 2.45) is 4.99 Å². The lowest BCUT2D eigenvalue weighted by molar-refractivity contribution is -0.117. The van der Waals surface area contributed by atoms with Gasteiger partial charge in [0.1, 0.15) is 0 Å². The Morgan fingerprint density at radius 3 is 2.52 bits per heavy atom. The lowest BCUT2D eigenvalue weighted by Gasteiger charge is -2.26. The fraction of sp³-hybridized carbons (Fsp3) is 0.235. The highest BCUT2D eigenvalue weighted by Gasteiger charge is 2.26. The van der Waals surface area contributed by atoms with E-state index < -0.39 is 0 Å². The Kier molecular flexibility index (Phi) is 3.52. The molecule has 0 N–H and O–H groups in total. The van der Waals surface area contributed by atoms with Gasteiger partial charge in [-0.3, -0.25) is 14.8 Å². The number of pyridine rings is 1. The lowest BCUT2D eigenvalue weighted by Crippen LogP contribution is -2.37. The standard InChI is InChI=1S/C17H17N3O/c1-12(2)20-16-6-4-3-5-14(16)19-15(11-17(20)21)13-7-9-18-10-8-13/h3-10,12H,11H2,1-2H3. The van der Waals surface area contributed by atoms with Crippen LogP contribution in [-0.4, -0.2) is 22.6 Å². The summed E-state index contributed by atoms with van der Waals surface area (Å²) in [6.45, 7) is 4.04. The molecule has 0 aliphatic carbocycles. The van der Waals surface area contributed by atoms with Crippen molar-refractivity contribution in [2.45, 2.75) is 26.3 Å². The van der Waals surface area contributed by atoms with E-state index in [1.54, 1.807) is 12.4 Å². The molecule has 106 valence electrons. The van der Waals surface area contributed by atoms with E-state index in [-0.39, 0.29) is 11.9 Å². The summed E-state index contributed by atoms with van der Waals surface area (Å²) < 4.78 is 0. The van der Waals surface area contributed by atoms with E-state index in [0.29, 0.717) is 6.42 Å². The molecule has 0 saturated carbocycles. The Morgan fingerprint density at radius 2 is 1.81 bits per heavy atom. The second kappa shape index (κ2) is 5.48. The van der Waals surface area contributed by atoms with E-state index in [1.807, 2.05) is 55.1 Å². The summed E-state index contributed by atoms with van der Waals surface area (Å²) in [4.78, 5) is 23.2. The number of amides is 1. The van der Waals surface area contributed by atoms with Crippen LogP contribution in [-0.2, 0) is 4.79 Å². The Balaban J connectivity index is 2.13. The molecule has 0 unspecified atom stereocenters. The minimum absolute atomic E-state index is 0.0745. The molecule has 2 aromatic rings. The van der Waals surface area contributed by atoms with Gasteiger partial charge in [0.2, 0.25) is 5.91 Å². The average molecular weight is 279 g/mol. The number of nitrogens with zero attached hydrogens (tertiary/aromatic N) is 3. The Bertz CT molecular complexity index is 692. The number of benzene rings is 1. The van der Waals surface area contributed by atoms with E-state index >= 15 is 0 Å². The molecule has 3 rings (SSSR count). The second-order valence-corrected chi connectivity index (χ2v) is 5.32. The number of fused-ring (bicyclic) bond motifs is 1. The van der Waals surface area contributed by atoms with Gasteiger partial charge >= 0.3 is 0 Å². The smallest absolute Gasteiger partial charge is 0.233 e. The Hall–Kier alpha value is -2.49. The fourth-order valence-corrected chi connectivity index (χ4v) is 2.59. The summed E-state index contributed by atoms with van der Waals surface area (Å²) in [6.07, 6.45) is 3.75. The summed E-state index contributed by atoms with van der Waals surface area (Å²) in [7, 11) is 0. The van der Waals surface area contributed by atoms with Crippen LogP contribution in [0.2, 0.25) is 0 Å². The maximum Gasteiger partial charge on any atom is 0.233 e. The molecule has 0 atom stereocenters. The minimum Gasteiger partial charge on any atom is -0.307 e. The summed E-state index contributed by atoms with van der Waals surface area (Å²) >= 11 is 0. The number of anilines is 1. The van der Waals surface area contributed by atoms with Crippen LogP contribution < -0.4 is 4.90 Å². The van der Waals surface area contributed by atoms with Crippen molar-refractivity contribution in [1.82, 2.24) is 4.98 Å². The molecular formula is C17H17N3O. The van der Waals surface area contributed by atoms with Gasteiger partial charge in [0, 0.05) is 18.4 Å². The first-order chi connectivity index (χ1) is 10.2. The van der Waals surface area contributed by atoms with Crippen LogP contribution in [0.1, 0.15) is 25.8 Å². The van der Waals surface area contributed by atoms with Crippen molar-refractivity contribution < 1.29 is 4.79 Å². The Labute approximate surface area is 124 Å². The van der Waals surface area contributed by atoms with Crippen molar-refractivity contribution in [3.63, 3.8) is 0 Å². The molecule has 1 amide bonds. The maximum atomic E-state index is 12.6. The molecule has 1 aliphatic rings. The van der Waals surface area contributed by atoms with Crippen LogP contribution in [0.5, 0.6) is 0 Å². The van der Waals surface area contributed by atoms with Gasteiger partial charge in [-0.1, -0.05) is 12.1 Å². The summed E-state index contributed by atoms with van der Waals surface area (Å²) in [5.74, 6) is 0.0745. The molecule has 0 radical (unpaired) electrons. The molecule has 1 aliphatic heterocycles. The predicted octanol–water partition coefficient (Wildman–Crippen LogP) is 3.35. The molecule has 2 heterocycles. The van der Waals surface area contributed by atoms with E-state index in [9.17, 15) is 4.79 Å². The number of para-hydroxylation sites is 2. The molecule has 1 aromatic heterocycles. The highest BCUT2D eigenvalue weighted by Crippen LogP contribution is 2.33. The highest BCUT2D eigenvalue weighted by molar-refractivity contribution is 6.17. The summed E-state index contributed by atoms with van der Waals surface area (Å²) in [5, 5.41) is 0. The average Bonchev–Trinajstić information content (AvgIpc) is 2.63. The number of rotatable bonds is 2. The molecular weight excluding hydrogens is 262 g/mol. The first-order valence-corrected chi connectivity index (χ1v) is 7.06. The van der Waals surface area contributed by atoms with E-state index in [1.165, 1.54) is 0 Å². The van der Waals surface area contributed by atoms with Crippen LogP contribution >= 0.6 is 0 Å². The third-order valence-electron chi connectivity index (χ3n) is 3.51. The third-order valence-corrected chi connectivity index (χ3v) is 3.51. The van der Waals surface area contributed by atoms with Crippen LogP contribution in [0, 0.1) is 0 Å². The zero-order valence-electron chi connectivity index (χ0n) is 12.2. The van der Waals surface area contributed by atoms with E-state index in [0.717, 1.165) is 22.6 Å². The molecule has 4 nitrogen and oxygen atoms in total. The van der Waals surface area contributed by atoms with Crippen LogP contribution in [0.4, 0.5) is 11.4 Å². The number of aliphatic imine (C=N–C) groups is 1. The minimum atomic E-state index is 0.0745. The van der Waals surface area contributed by atoms with Gasteiger partial charge in [-0.15, -0.1) is 0 Å². The number of hydrogen-bond donors (Lipinski definition) is 0. The maximum absolute atomic E-state index is 12.6. The highest BCUT2D eigenvalue weighted by atomic mass is 16.2. The van der Waals surface area contributed by atoms with Crippen molar-refractivity contribution in [2.75, 3.05) is 4.90 Å². The van der Waals surface area contributed by atoms with Gasteiger partial charge < -0.3 is 4.90 Å². The Morgan fingerprint density at radius 1 is 1.10 bits per heavy atom. The number of hydrogen-bond acceptors (Lipinski definition) is 3. The van der Waals surface area contributed by atoms with Gasteiger partial charge in [-0.05, 0) is 43.7 Å². The van der Waals surface area contributed by atoms with Crippen LogP contribution in [0.3, 0.4) is 0 Å². The topological polar surface area (TPSA) is 45.6 Å². The monoisotopic (exact) mass is 279 g/mol. The largest absolute Gasteiger partial charge is 0.307 e. The van der Waals surface area contributed by atoms with Crippen LogP contribution in [0.25, 0.3) is 0 Å². The van der Waals surface area contributed by atoms with Gasteiger partial charge in [0.25, 0.3) is 0 Å². The third kappa shape index (κ3) is 2.57. The number of aromatic nitrogens is 1. The van der Waals surface area contributed by atoms with Crippen molar-refractivity contribution in [3.05, 3.63) is 54.4 Å². The van der Waals surface area contributed by atoms with Gasteiger partial charge in [-0.25, -0.2) is 0 Å². The lowest BCUT2D eigenvalue weighted by atomic mass is 10.1. The second-order valence-electron chi connectivity index (χ2n) is 5.32. The first kappa shape index (κ1) is 13.5. The summed E-state index contributed by atoms with van der Waals surface area (Å²) in [6, 6.07) is 11.7. The zero-order chi connectivity index (χ0) is 14.8. The normalized spacial score (nSPS) is 14.7. The van der Waals surface area contributed by atoms with E-state index in [4.69, 9.17) is 4.99 Å². The predicted molar refractivity (Wildman–Crippen MR) is 84.1 cm³/mol. The van der Waals surface area contributed by atoms with Crippen LogP contribution in [0.15, 0.2) is 53.8 Å².